The summed E-state index contributed by atoms with van der Waals surface area (Å²) in [5.74, 6) is -2.05. The van der Waals surface area contributed by atoms with Crippen molar-refractivity contribution in [1.29, 1.82) is 0 Å². The van der Waals surface area contributed by atoms with E-state index in [9.17, 15) is 14.4 Å². The number of carboxylic acid groups (broad SMARTS) is 1. The highest BCUT2D eigenvalue weighted by Gasteiger charge is 2.22. The van der Waals surface area contributed by atoms with E-state index in [1.165, 1.54) is 14.0 Å². The van der Waals surface area contributed by atoms with Gasteiger partial charge >= 0.3 is 12.0 Å². The number of nitrogens with two attached hydrogens (primary N) is 1. The summed E-state index contributed by atoms with van der Waals surface area (Å²) in [6.45, 7) is 0.425. The number of hydrogen-bond donors (Lipinski definition) is 3. The standard InChI is InChI=1S/C9H17N3O5/c1-6(13)3-11(2)9(17)12(4-7(10)14)5-8(15)16/h6,13H,3-5H2,1-2H3,(H2,10,14)(H,15,16). The molecule has 0 aliphatic heterocycles. The summed E-state index contributed by atoms with van der Waals surface area (Å²) < 4.78 is 0. The van der Waals surface area contributed by atoms with E-state index in [4.69, 9.17) is 15.9 Å². The Morgan fingerprint density at radius 1 is 1.29 bits per heavy atom. The van der Waals surface area contributed by atoms with Gasteiger partial charge in [0.2, 0.25) is 5.91 Å². The zero-order valence-corrected chi connectivity index (χ0v) is 9.79. The van der Waals surface area contributed by atoms with Gasteiger partial charge in [0.05, 0.1) is 6.10 Å². The van der Waals surface area contributed by atoms with Crippen LogP contribution in [0, 0.1) is 0 Å². The lowest BCUT2D eigenvalue weighted by molar-refractivity contribution is -0.138. The van der Waals surface area contributed by atoms with Gasteiger partial charge in [0.25, 0.3) is 0 Å². The largest absolute Gasteiger partial charge is 0.480 e. The SMILES string of the molecule is CC(O)CN(C)C(=O)N(CC(N)=O)CC(=O)O. The lowest BCUT2D eigenvalue weighted by Crippen LogP contribution is -2.48. The number of rotatable bonds is 6. The van der Waals surface area contributed by atoms with E-state index in [0.29, 0.717) is 0 Å². The van der Waals surface area contributed by atoms with Crippen LogP contribution < -0.4 is 5.73 Å². The Labute approximate surface area is 98.6 Å². The molecule has 0 aromatic carbocycles. The second-order valence-electron chi connectivity index (χ2n) is 3.73. The molecule has 0 heterocycles. The molecule has 0 saturated carbocycles. The molecule has 0 aromatic rings. The van der Waals surface area contributed by atoms with Gasteiger partial charge in [0.15, 0.2) is 0 Å². The summed E-state index contributed by atoms with van der Waals surface area (Å²) in [5, 5.41) is 17.7. The highest BCUT2D eigenvalue weighted by atomic mass is 16.4. The van der Waals surface area contributed by atoms with Crippen molar-refractivity contribution in [3.05, 3.63) is 0 Å². The van der Waals surface area contributed by atoms with E-state index in [1.54, 1.807) is 0 Å². The molecule has 0 aliphatic rings. The van der Waals surface area contributed by atoms with Gasteiger partial charge in [0.1, 0.15) is 13.1 Å². The molecule has 8 heteroatoms. The van der Waals surface area contributed by atoms with Crippen molar-refractivity contribution in [3.63, 3.8) is 0 Å². The smallest absolute Gasteiger partial charge is 0.323 e. The number of likely N-dealkylation sites (N-methyl/N-ethyl adjacent to an activating group) is 1. The van der Waals surface area contributed by atoms with Gasteiger partial charge in [-0.15, -0.1) is 0 Å². The third kappa shape index (κ3) is 6.36. The summed E-state index contributed by atoms with van der Waals surface area (Å²) in [5.41, 5.74) is 4.91. The zero-order chi connectivity index (χ0) is 13.6. The van der Waals surface area contributed by atoms with E-state index in [0.717, 1.165) is 9.80 Å². The normalized spacial score (nSPS) is 11.7. The third-order valence-corrected chi connectivity index (χ3v) is 1.81. The molecule has 0 radical (unpaired) electrons. The maximum atomic E-state index is 11.7. The average molecular weight is 247 g/mol. The molecule has 0 aromatic heterocycles. The van der Waals surface area contributed by atoms with E-state index in [1.807, 2.05) is 0 Å². The molecule has 1 atom stereocenters. The predicted octanol–water partition coefficient (Wildman–Crippen LogP) is -1.71. The molecule has 0 aliphatic carbocycles. The summed E-state index contributed by atoms with van der Waals surface area (Å²) in [6, 6.07) is -0.674. The topological polar surface area (TPSA) is 124 Å². The van der Waals surface area contributed by atoms with E-state index in [2.05, 4.69) is 0 Å². The van der Waals surface area contributed by atoms with Gasteiger partial charge < -0.3 is 25.7 Å². The lowest BCUT2D eigenvalue weighted by Gasteiger charge is -2.26. The maximum Gasteiger partial charge on any atom is 0.323 e. The first kappa shape index (κ1) is 15.2. The number of aliphatic hydroxyl groups excluding tert-OH is 1. The van der Waals surface area contributed by atoms with Gasteiger partial charge in [-0.05, 0) is 6.92 Å². The minimum Gasteiger partial charge on any atom is -0.480 e. The Kier molecular flexibility index (Phi) is 5.97. The van der Waals surface area contributed by atoms with Gasteiger partial charge in [-0.2, -0.15) is 0 Å². The quantitative estimate of drug-likeness (QED) is 0.515. The monoisotopic (exact) mass is 247 g/mol. The number of nitrogens with zero attached hydrogens (tertiary/aromatic N) is 2. The average Bonchev–Trinajstić information content (AvgIpc) is 2.12. The number of aliphatic carboxylic acids is 1. The van der Waals surface area contributed by atoms with Crippen molar-refractivity contribution in [3.8, 4) is 0 Å². The van der Waals surface area contributed by atoms with Crippen LogP contribution in [0.5, 0.6) is 0 Å². The Morgan fingerprint density at radius 3 is 2.18 bits per heavy atom. The molecule has 17 heavy (non-hydrogen) atoms. The number of aliphatic hydroxyl groups is 1. The van der Waals surface area contributed by atoms with E-state index in [-0.39, 0.29) is 6.54 Å². The fraction of sp³-hybridized carbons (Fsp3) is 0.667. The molecule has 0 spiro atoms. The van der Waals surface area contributed by atoms with Crippen molar-refractivity contribution in [2.75, 3.05) is 26.7 Å². The van der Waals surface area contributed by atoms with Gasteiger partial charge in [-0.1, -0.05) is 0 Å². The van der Waals surface area contributed by atoms with E-state index >= 15 is 0 Å². The van der Waals surface area contributed by atoms with Crippen molar-refractivity contribution in [1.82, 2.24) is 9.80 Å². The fourth-order valence-electron chi connectivity index (χ4n) is 1.26. The molecule has 3 amide bonds. The number of carbonyl (C=O) groups is 3. The Morgan fingerprint density at radius 2 is 1.82 bits per heavy atom. The predicted molar refractivity (Wildman–Crippen MR) is 58.1 cm³/mol. The van der Waals surface area contributed by atoms with Crippen molar-refractivity contribution < 1.29 is 24.6 Å². The summed E-state index contributed by atoms with van der Waals surface area (Å²) >= 11 is 0. The molecule has 8 nitrogen and oxygen atoms in total. The second kappa shape index (κ2) is 6.69. The fourth-order valence-corrected chi connectivity index (χ4v) is 1.26. The van der Waals surface area contributed by atoms with Crippen molar-refractivity contribution in [2.24, 2.45) is 5.73 Å². The van der Waals surface area contributed by atoms with Crippen LogP contribution in [0.2, 0.25) is 0 Å². The zero-order valence-electron chi connectivity index (χ0n) is 9.79. The molecule has 1 unspecified atom stereocenters. The summed E-state index contributed by atoms with van der Waals surface area (Å²) in [7, 11) is 1.39. The molecule has 0 rings (SSSR count). The van der Waals surface area contributed by atoms with Crippen LogP contribution in [0.25, 0.3) is 0 Å². The molecule has 4 N–H and O–H groups in total. The minimum absolute atomic E-state index is 0.0354. The van der Waals surface area contributed by atoms with Crippen LogP contribution in [-0.2, 0) is 9.59 Å². The molecule has 0 saturated heterocycles. The van der Waals surface area contributed by atoms with Crippen LogP contribution in [0.1, 0.15) is 6.92 Å². The Balaban J connectivity index is 4.61. The third-order valence-electron chi connectivity index (χ3n) is 1.81. The summed E-state index contributed by atoms with van der Waals surface area (Å²) in [4.78, 5) is 34.9. The van der Waals surface area contributed by atoms with Gasteiger partial charge in [-0.25, -0.2) is 4.79 Å². The first-order chi connectivity index (χ1) is 7.73. The lowest BCUT2D eigenvalue weighted by atomic mass is 10.4. The first-order valence-corrected chi connectivity index (χ1v) is 4.92. The van der Waals surface area contributed by atoms with Crippen LogP contribution in [0.3, 0.4) is 0 Å². The van der Waals surface area contributed by atoms with Crippen LogP contribution in [0.4, 0.5) is 4.79 Å². The number of hydrogen-bond acceptors (Lipinski definition) is 4. The highest BCUT2D eigenvalue weighted by Crippen LogP contribution is 1.98. The molecular formula is C9H17N3O5. The van der Waals surface area contributed by atoms with Crippen LogP contribution in [-0.4, -0.2) is 70.7 Å². The summed E-state index contributed by atoms with van der Waals surface area (Å²) in [6.07, 6.45) is -0.746. The Bertz CT molecular complexity index is 289. The Hall–Kier alpha value is -1.83. The van der Waals surface area contributed by atoms with Gasteiger partial charge in [0, 0.05) is 13.6 Å². The van der Waals surface area contributed by atoms with Crippen molar-refractivity contribution in [2.45, 2.75) is 13.0 Å². The number of carboxylic acids is 1. The molecule has 0 fully saturated rings. The van der Waals surface area contributed by atoms with Crippen molar-refractivity contribution >= 4 is 17.9 Å². The maximum absolute atomic E-state index is 11.7. The number of carbonyl (C=O) groups excluding carboxylic acids is 2. The molecule has 98 valence electrons. The number of primary amides is 1. The molecule has 0 bridgehead atoms. The van der Waals surface area contributed by atoms with Crippen LogP contribution in [0.15, 0.2) is 0 Å². The second-order valence-corrected chi connectivity index (χ2v) is 3.73. The number of urea groups is 1. The number of amides is 3. The first-order valence-electron chi connectivity index (χ1n) is 4.92. The molecular weight excluding hydrogens is 230 g/mol. The van der Waals surface area contributed by atoms with Crippen LogP contribution >= 0.6 is 0 Å². The highest BCUT2D eigenvalue weighted by molar-refractivity contribution is 5.85. The van der Waals surface area contributed by atoms with E-state index < -0.39 is 37.1 Å². The minimum atomic E-state index is -1.25. The van der Waals surface area contributed by atoms with Gasteiger partial charge in [-0.3, -0.25) is 9.59 Å².